The van der Waals surface area contributed by atoms with Crippen LogP contribution in [0.15, 0.2) is 32.5 Å². The lowest BCUT2D eigenvalue weighted by atomic mass is 10.4. The lowest BCUT2D eigenvalue weighted by Crippen LogP contribution is -2.30. The summed E-state index contributed by atoms with van der Waals surface area (Å²) in [6.07, 6.45) is 1.60. The van der Waals surface area contributed by atoms with Gasteiger partial charge in [-0.2, -0.15) is 0 Å². The van der Waals surface area contributed by atoms with Crippen molar-refractivity contribution < 1.29 is 9.21 Å². The number of nitrogens with zero attached hydrogens (tertiary/aromatic N) is 1. The molecule has 2 aromatic rings. The zero-order chi connectivity index (χ0) is 13.0. The number of aromatic nitrogens is 1. The fourth-order valence-corrected chi connectivity index (χ4v) is 3.33. The smallest absolute Gasteiger partial charge is 0.233 e. The average molecular weight is 282 g/mol. The highest BCUT2D eigenvalue weighted by molar-refractivity contribution is 8.02. The van der Waals surface area contributed by atoms with Gasteiger partial charge in [0.25, 0.3) is 0 Å². The largest absolute Gasteiger partial charge is 0.467 e. The Kier molecular flexibility index (Phi) is 4.43. The molecule has 1 atom stereocenters. The van der Waals surface area contributed by atoms with Crippen LogP contribution in [-0.4, -0.2) is 16.1 Å². The number of hydrogen-bond acceptors (Lipinski definition) is 5. The van der Waals surface area contributed by atoms with Crippen molar-refractivity contribution in [3.8, 4) is 0 Å². The highest BCUT2D eigenvalue weighted by atomic mass is 32.2. The van der Waals surface area contributed by atoms with Gasteiger partial charge in [0.2, 0.25) is 5.91 Å². The molecule has 0 aromatic carbocycles. The number of thiazole rings is 1. The second-order valence-corrected chi connectivity index (χ2v) is 6.26. The second kappa shape index (κ2) is 6.06. The number of thioether (sulfide) groups is 1. The maximum atomic E-state index is 11.9. The van der Waals surface area contributed by atoms with E-state index in [-0.39, 0.29) is 11.2 Å². The van der Waals surface area contributed by atoms with Crippen LogP contribution in [0.4, 0.5) is 0 Å². The molecule has 0 aliphatic rings. The van der Waals surface area contributed by atoms with Crippen LogP contribution in [0.2, 0.25) is 0 Å². The van der Waals surface area contributed by atoms with Gasteiger partial charge in [0.1, 0.15) is 5.76 Å². The Morgan fingerprint density at radius 2 is 2.50 bits per heavy atom. The van der Waals surface area contributed by atoms with Gasteiger partial charge in [-0.3, -0.25) is 4.79 Å². The summed E-state index contributed by atoms with van der Waals surface area (Å²) in [5.41, 5.74) is 0.991. The summed E-state index contributed by atoms with van der Waals surface area (Å²) in [7, 11) is 0. The van der Waals surface area contributed by atoms with E-state index >= 15 is 0 Å². The van der Waals surface area contributed by atoms with E-state index in [1.807, 2.05) is 25.3 Å². The molecule has 18 heavy (non-hydrogen) atoms. The molecule has 2 aromatic heterocycles. The van der Waals surface area contributed by atoms with Crippen LogP contribution < -0.4 is 5.32 Å². The van der Waals surface area contributed by atoms with Crippen molar-refractivity contribution in [2.45, 2.75) is 30.0 Å². The molecule has 4 nitrogen and oxygen atoms in total. The van der Waals surface area contributed by atoms with E-state index in [0.717, 1.165) is 15.8 Å². The van der Waals surface area contributed by atoms with E-state index in [1.54, 1.807) is 23.7 Å². The third-order valence-corrected chi connectivity index (χ3v) is 4.45. The SMILES string of the molecule is Cc1csc(SC(C)C(=O)NCc2ccco2)n1. The maximum Gasteiger partial charge on any atom is 0.233 e. The van der Waals surface area contributed by atoms with E-state index < -0.39 is 0 Å². The van der Waals surface area contributed by atoms with E-state index in [4.69, 9.17) is 4.42 Å². The third-order valence-electron chi connectivity index (χ3n) is 2.26. The first-order valence-electron chi connectivity index (χ1n) is 5.54. The molecule has 6 heteroatoms. The molecular weight excluding hydrogens is 268 g/mol. The Balaban J connectivity index is 1.81. The van der Waals surface area contributed by atoms with Crippen molar-refractivity contribution in [1.29, 1.82) is 0 Å². The monoisotopic (exact) mass is 282 g/mol. The van der Waals surface area contributed by atoms with Gasteiger partial charge < -0.3 is 9.73 Å². The molecule has 1 unspecified atom stereocenters. The Morgan fingerprint density at radius 1 is 1.67 bits per heavy atom. The Bertz CT molecular complexity index is 508. The molecule has 0 aliphatic carbocycles. The van der Waals surface area contributed by atoms with Crippen LogP contribution >= 0.6 is 23.1 Å². The quantitative estimate of drug-likeness (QED) is 0.857. The molecule has 0 saturated carbocycles. The molecule has 0 fully saturated rings. The molecule has 96 valence electrons. The number of hydrogen-bond donors (Lipinski definition) is 1. The highest BCUT2D eigenvalue weighted by Gasteiger charge is 2.16. The lowest BCUT2D eigenvalue weighted by Gasteiger charge is -2.09. The molecule has 0 radical (unpaired) electrons. The molecule has 2 rings (SSSR count). The van der Waals surface area contributed by atoms with Crippen molar-refractivity contribution in [3.63, 3.8) is 0 Å². The number of rotatable bonds is 5. The summed E-state index contributed by atoms with van der Waals surface area (Å²) in [4.78, 5) is 16.2. The normalized spacial score (nSPS) is 12.3. The molecule has 0 aliphatic heterocycles. The summed E-state index contributed by atoms with van der Waals surface area (Å²) in [6, 6.07) is 3.64. The molecule has 1 N–H and O–H groups in total. The van der Waals surface area contributed by atoms with Crippen molar-refractivity contribution in [3.05, 3.63) is 35.2 Å². The van der Waals surface area contributed by atoms with Crippen LogP contribution in [0.25, 0.3) is 0 Å². The predicted octanol–water partition coefficient (Wildman–Crippen LogP) is 2.84. The number of aryl methyl sites for hydroxylation is 1. The molecule has 0 spiro atoms. The van der Waals surface area contributed by atoms with Crippen molar-refractivity contribution in [2.24, 2.45) is 0 Å². The van der Waals surface area contributed by atoms with Crippen LogP contribution in [0.1, 0.15) is 18.4 Å². The summed E-state index contributed by atoms with van der Waals surface area (Å²) in [5.74, 6) is 0.745. The zero-order valence-electron chi connectivity index (χ0n) is 10.2. The minimum absolute atomic E-state index is 0.00995. The van der Waals surface area contributed by atoms with Gasteiger partial charge in [-0.25, -0.2) is 4.98 Å². The summed E-state index contributed by atoms with van der Waals surface area (Å²) < 4.78 is 6.08. The Hall–Kier alpha value is -1.27. The molecule has 0 bridgehead atoms. The zero-order valence-corrected chi connectivity index (χ0v) is 11.8. The van der Waals surface area contributed by atoms with Gasteiger partial charge in [0.05, 0.1) is 18.1 Å². The minimum Gasteiger partial charge on any atom is -0.467 e. The van der Waals surface area contributed by atoms with E-state index in [0.29, 0.717) is 6.54 Å². The average Bonchev–Trinajstić information content (AvgIpc) is 2.97. The fourth-order valence-electron chi connectivity index (χ4n) is 1.32. The van der Waals surface area contributed by atoms with Crippen LogP contribution in [-0.2, 0) is 11.3 Å². The van der Waals surface area contributed by atoms with Gasteiger partial charge >= 0.3 is 0 Å². The first-order chi connectivity index (χ1) is 8.65. The van der Waals surface area contributed by atoms with Gasteiger partial charge in [-0.05, 0) is 26.0 Å². The lowest BCUT2D eigenvalue weighted by molar-refractivity contribution is -0.120. The van der Waals surface area contributed by atoms with Crippen molar-refractivity contribution in [2.75, 3.05) is 0 Å². The molecular formula is C12H14N2O2S2. The van der Waals surface area contributed by atoms with Gasteiger partial charge in [0, 0.05) is 11.1 Å². The second-order valence-electron chi connectivity index (χ2n) is 3.81. The Labute approximate surface area is 114 Å². The molecule has 1 amide bonds. The van der Waals surface area contributed by atoms with Crippen molar-refractivity contribution in [1.82, 2.24) is 10.3 Å². The first-order valence-corrected chi connectivity index (χ1v) is 7.30. The third kappa shape index (κ3) is 3.61. The van der Waals surface area contributed by atoms with Gasteiger partial charge in [-0.15, -0.1) is 11.3 Å². The predicted molar refractivity (Wildman–Crippen MR) is 72.7 cm³/mol. The standard InChI is InChI=1S/C12H14N2O2S2/c1-8-7-17-12(14-8)18-9(2)11(15)13-6-10-4-3-5-16-10/h3-5,7,9H,6H2,1-2H3,(H,13,15). The number of amides is 1. The summed E-state index contributed by atoms with van der Waals surface area (Å²) in [6.45, 7) is 4.24. The summed E-state index contributed by atoms with van der Waals surface area (Å²) >= 11 is 3.04. The van der Waals surface area contributed by atoms with Crippen molar-refractivity contribution >= 4 is 29.0 Å². The number of carbonyl (C=O) groups excluding carboxylic acids is 1. The molecule has 0 saturated heterocycles. The topological polar surface area (TPSA) is 55.1 Å². The summed E-state index contributed by atoms with van der Waals surface area (Å²) in [5, 5.41) is 4.66. The van der Waals surface area contributed by atoms with Gasteiger partial charge in [-0.1, -0.05) is 11.8 Å². The Morgan fingerprint density at radius 3 is 3.11 bits per heavy atom. The van der Waals surface area contributed by atoms with E-state index in [1.165, 1.54) is 11.8 Å². The minimum atomic E-state index is -0.162. The van der Waals surface area contributed by atoms with Crippen LogP contribution in [0, 0.1) is 6.92 Å². The number of furan rings is 1. The molecule has 2 heterocycles. The number of nitrogens with one attached hydrogen (secondary N) is 1. The highest BCUT2D eigenvalue weighted by Crippen LogP contribution is 2.26. The van der Waals surface area contributed by atoms with Crippen LogP contribution in [0.5, 0.6) is 0 Å². The van der Waals surface area contributed by atoms with Gasteiger partial charge in [0.15, 0.2) is 4.34 Å². The van der Waals surface area contributed by atoms with Crippen LogP contribution in [0.3, 0.4) is 0 Å². The number of carbonyl (C=O) groups is 1. The first kappa shape index (κ1) is 13.2. The van der Waals surface area contributed by atoms with E-state index in [2.05, 4.69) is 10.3 Å². The fraction of sp³-hybridized carbons (Fsp3) is 0.333. The maximum absolute atomic E-state index is 11.9. The van der Waals surface area contributed by atoms with E-state index in [9.17, 15) is 4.79 Å².